The first-order valence-corrected chi connectivity index (χ1v) is 7.97. The van der Waals surface area contributed by atoms with Crippen LogP contribution < -0.4 is 9.80 Å². The molecule has 0 saturated carbocycles. The normalized spacial score (nSPS) is 15.0. The maximum Gasteiger partial charge on any atom is 0.303 e. The van der Waals surface area contributed by atoms with Gasteiger partial charge in [0.2, 0.25) is 0 Å². The van der Waals surface area contributed by atoms with Crippen molar-refractivity contribution in [2.75, 3.05) is 18.6 Å². The fraction of sp³-hybridized carbons (Fsp3) is 0.176. The van der Waals surface area contributed by atoms with Crippen molar-refractivity contribution >= 4 is 33.3 Å². The van der Waals surface area contributed by atoms with Crippen LogP contribution >= 0.6 is 15.9 Å². The Morgan fingerprint density at radius 3 is 2.65 bits per heavy atom. The molecular weight excluding hydrogens is 363 g/mol. The predicted octanol–water partition coefficient (Wildman–Crippen LogP) is 1.79. The van der Waals surface area contributed by atoms with Crippen molar-refractivity contribution in [3.8, 4) is 0 Å². The number of halogens is 2. The minimum atomic E-state index is -0.523. The lowest BCUT2D eigenvalue weighted by Crippen LogP contribution is -3.09. The molecule has 2 aromatic rings. The summed E-state index contributed by atoms with van der Waals surface area (Å²) in [6, 6.07) is 11.6. The van der Waals surface area contributed by atoms with Crippen LogP contribution in [0.15, 0.2) is 46.9 Å². The summed E-state index contributed by atoms with van der Waals surface area (Å²) in [6.07, 6.45) is 0. The summed E-state index contributed by atoms with van der Waals surface area (Å²) in [5.74, 6) is -1.29. The van der Waals surface area contributed by atoms with Crippen molar-refractivity contribution < 1.29 is 18.9 Å². The van der Waals surface area contributed by atoms with Gasteiger partial charge in [-0.1, -0.05) is 18.2 Å². The Labute approximate surface area is 141 Å². The van der Waals surface area contributed by atoms with Crippen molar-refractivity contribution in [3.05, 3.63) is 63.9 Å². The molecule has 1 aliphatic rings. The Bertz CT molecular complexity index is 794. The molecule has 1 aliphatic heterocycles. The lowest BCUT2D eigenvalue weighted by atomic mass is 10.1. The molecule has 1 heterocycles. The van der Waals surface area contributed by atoms with Gasteiger partial charge in [-0.05, 0) is 40.2 Å². The standard InChI is InChI=1S/C17H14BrFN2O2/c1-20(9-11-4-2-5-12(19)8-11)10-21-15-13(16(22)17(21)23)6-3-7-14(15)18/h2-8H,9-10H2,1H3/p+1. The average molecular weight is 378 g/mol. The van der Waals surface area contributed by atoms with E-state index in [1.165, 1.54) is 17.0 Å². The van der Waals surface area contributed by atoms with Crippen LogP contribution in [0.4, 0.5) is 10.1 Å². The summed E-state index contributed by atoms with van der Waals surface area (Å²) in [5, 5.41) is 0. The van der Waals surface area contributed by atoms with E-state index < -0.39 is 11.7 Å². The fourth-order valence-electron chi connectivity index (χ4n) is 2.78. The summed E-state index contributed by atoms with van der Waals surface area (Å²) in [6.45, 7) is 0.881. The van der Waals surface area contributed by atoms with Gasteiger partial charge in [0.25, 0.3) is 5.78 Å². The maximum absolute atomic E-state index is 13.3. The first kappa shape index (κ1) is 15.8. The number of quaternary nitrogens is 1. The van der Waals surface area contributed by atoms with Crippen molar-refractivity contribution in [3.63, 3.8) is 0 Å². The quantitative estimate of drug-likeness (QED) is 0.825. The number of benzene rings is 2. The number of rotatable bonds is 4. The molecule has 0 bridgehead atoms. The average Bonchev–Trinajstić information content (AvgIpc) is 2.74. The van der Waals surface area contributed by atoms with Gasteiger partial charge in [-0.2, -0.15) is 0 Å². The van der Waals surface area contributed by atoms with Gasteiger partial charge in [0, 0.05) is 10.0 Å². The van der Waals surface area contributed by atoms with E-state index in [4.69, 9.17) is 0 Å². The van der Waals surface area contributed by atoms with Crippen LogP contribution in [0.3, 0.4) is 0 Å². The first-order valence-electron chi connectivity index (χ1n) is 7.18. The Morgan fingerprint density at radius 1 is 1.17 bits per heavy atom. The molecular formula is C17H15BrFN2O2+. The summed E-state index contributed by atoms with van der Waals surface area (Å²) >= 11 is 3.40. The van der Waals surface area contributed by atoms with Gasteiger partial charge >= 0.3 is 5.91 Å². The Morgan fingerprint density at radius 2 is 1.91 bits per heavy atom. The molecule has 4 nitrogen and oxygen atoms in total. The second-order valence-electron chi connectivity index (χ2n) is 5.62. The molecule has 23 heavy (non-hydrogen) atoms. The third-order valence-electron chi connectivity index (χ3n) is 3.76. The van der Waals surface area contributed by atoms with Gasteiger partial charge < -0.3 is 4.90 Å². The highest BCUT2D eigenvalue weighted by Crippen LogP contribution is 2.35. The first-order chi connectivity index (χ1) is 11.0. The number of fused-ring (bicyclic) bond motifs is 1. The zero-order valence-electron chi connectivity index (χ0n) is 12.5. The largest absolute Gasteiger partial charge is 0.316 e. The molecule has 0 saturated heterocycles. The van der Waals surface area contributed by atoms with Gasteiger partial charge in [0.1, 0.15) is 12.4 Å². The van der Waals surface area contributed by atoms with Gasteiger partial charge in [-0.15, -0.1) is 0 Å². The van der Waals surface area contributed by atoms with Gasteiger partial charge in [0.15, 0.2) is 6.67 Å². The van der Waals surface area contributed by atoms with Crippen LogP contribution in [0.2, 0.25) is 0 Å². The highest BCUT2D eigenvalue weighted by molar-refractivity contribution is 9.10. The molecule has 0 aliphatic carbocycles. The number of Topliss-reactive ketones (excluding diaryl/α,β-unsaturated/α-hetero) is 1. The lowest BCUT2D eigenvalue weighted by Gasteiger charge is -2.22. The topological polar surface area (TPSA) is 41.8 Å². The molecule has 1 amide bonds. The van der Waals surface area contributed by atoms with Gasteiger partial charge in [-0.3, -0.25) is 14.5 Å². The number of nitrogens with one attached hydrogen (secondary N) is 1. The predicted molar refractivity (Wildman–Crippen MR) is 87.8 cm³/mol. The van der Waals surface area contributed by atoms with Crippen LogP contribution in [0.1, 0.15) is 15.9 Å². The van der Waals surface area contributed by atoms with E-state index in [1.807, 2.05) is 13.1 Å². The summed E-state index contributed by atoms with van der Waals surface area (Å²) in [5.41, 5.74) is 1.87. The number of carbonyl (C=O) groups is 2. The number of hydrogen-bond donors (Lipinski definition) is 1. The summed E-state index contributed by atoms with van der Waals surface area (Å²) < 4.78 is 14.0. The smallest absolute Gasteiger partial charge is 0.303 e. The van der Waals surface area contributed by atoms with E-state index in [-0.39, 0.29) is 5.82 Å². The number of anilines is 1. The second kappa shape index (κ2) is 6.22. The van der Waals surface area contributed by atoms with Crippen LogP contribution in [0.25, 0.3) is 0 Å². The molecule has 6 heteroatoms. The zero-order valence-corrected chi connectivity index (χ0v) is 14.1. The molecule has 0 aromatic heterocycles. The summed E-state index contributed by atoms with van der Waals surface area (Å²) in [4.78, 5) is 26.8. The highest BCUT2D eigenvalue weighted by atomic mass is 79.9. The van der Waals surface area contributed by atoms with Crippen LogP contribution in [0, 0.1) is 5.82 Å². The van der Waals surface area contributed by atoms with E-state index in [2.05, 4.69) is 15.9 Å². The van der Waals surface area contributed by atoms with Gasteiger partial charge in [0.05, 0.1) is 18.3 Å². The Kier molecular flexibility index (Phi) is 4.28. The molecule has 0 radical (unpaired) electrons. The zero-order chi connectivity index (χ0) is 16.6. The third kappa shape index (κ3) is 3.04. The number of ketones is 1. The molecule has 2 aromatic carbocycles. The van der Waals surface area contributed by atoms with Crippen LogP contribution in [-0.4, -0.2) is 25.4 Å². The van der Waals surface area contributed by atoms with E-state index >= 15 is 0 Å². The monoisotopic (exact) mass is 377 g/mol. The third-order valence-corrected chi connectivity index (χ3v) is 4.40. The number of hydrogen-bond acceptors (Lipinski definition) is 2. The van der Waals surface area contributed by atoms with E-state index in [0.717, 1.165) is 10.5 Å². The molecule has 1 N–H and O–H groups in total. The van der Waals surface area contributed by atoms with Crippen molar-refractivity contribution in [2.45, 2.75) is 6.54 Å². The minimum absolute atomic E-state index is 0.282. The SMILES string of the molecule is C[NH+](Cc1cccc(F)c1)CN1C(=O)C(=O)c2cccc(Br)c21. The van der Waals surface area contributed by atoms with E-state index in [0.29, 0.717) is 28.9 Å². The number of para-hydroxylation sites is 1. The fourth-order valence-corrected chi connectivity index (χ4v) is 3.36. The Balaban J connectivity index is 1.80. The van der Waals surface area contributed by atoms with E-state index in [1.54, 1.807) is 24.3 Å². The molecule has 118 valence electrons. The van der Waals surface area contributed by atoms with Crippen molar-refractivity contribution in [1.82, 2.24) is 0 Å². The molecule has 1 unspecified atom stereocenters. The number of amides is 1. The van der Waals surface area contributed by atoms with E-state index in [9.17, 15) is 14.0 Å². The maximum atomic E-state index is 13.3. The van der Waals surface area contributed by atoms with Crippen molar-refractivity contribution in [1.29, 1.82) is 0 Å². The summed E-state index contributed by atoms with van der Waals surface area (Å²) in [7, 11) is 1.90. The molecule has 1 atom stereocenters. The number of nitrogens with zero attached hydrogens (tertiary/aromatic N) is 1. The van der Waals surface area contributed by atoms with Crippen molar-refractivity contribution in [2.24, 2.45) is 0 Å². The highest BCUT2D eigenvalue weighted by Gasteiger charge is 2.38. The minimum Gasteiger partial charge on any atom is -0.316 e. The molecule has 3 rings (SSSR count). The Hall–Kier alpha value is -2.05. The number of carbonyl (C=O) groups excluding carboxylic acids is 2. The second-order valence-corrected chi connectivity index (χ2v) is 6.47. The lowest BCUT2D eigenvalue weighted by molar-refractivity contribution is -0.892. The molecule has 0 fully saturated rings. The molecule has 0 spiro atoms. The van der Waals surface area contributed by atoms with Gasteiger partial charge in [-0.25, -0.2) is 4.39 Å². The van der Waals surface area contributed by atoms with Crippen LogP contribution in [0.5, 0.6) is 0 Å². The van der Waals surface area contributed by atoms with Crippen LogP contribution in [-0.2, 0) is 11.3 Å².